The van der Waals surface area contributed by atoms with E-state index in [1.807, 2.05) is 24.3 Å². The Labute approximate surface area is 130 Å². The quantitative estimate of drug-likeness (QED) is 0.877. The third-order valence-corrected chi connectivity index (χ3v) is 4.29. The van der Waals surface area contributed by atoms with Crippen molar-refractivity contribution in [3.05, 3.63) is 71.8 Å². The zero-order valence-corrected chi connectivity index (χ0v) is 12.4. The molecule has 3 rings (SSSR count). The first-order chi connectivity index (χ1) is 10.8. The maximum absolute atomic E-state index is 12.2. The Morgan fingerprint density at radius 2 is 1.64 bits per heavy atom. The molecule has 0 heterocycles. The first kappa shape index (κ1) is 14.8. The Kier molecular flexibility index (Phi) is 4.54. The fourth-order valence-electron chi connectivity index (χ4n) is 3.13. The maximum atomic E-state index is 12.2. The molecule has 1 aliphatic rings. The molecule has 22 heavy (non-hydrogen) atoms. The van der Waals surface area contributed by atoms with Crippen molar-refractivity contribution in [3.63, 3.8) is 0 Å². The van der Waals surface area contributed by atoms with Crippen LogP contribution in [0.4, 0.5) is 0 Å². The minimum Gasteiger partial charge on any atom is -0.460 e. The van der Waals surface area contributed by atoms with Crippen LogP contribution in [0.3, 0.4) is 0 Å². The van der Waals surface area contributed by atoms with Crippen molar-refractivity contribution in [2.45, 2.75) is 37.4 Å². The molecular weight excluding hydrogens is 276 g/mol. The summed E-state index contributed by atoms with van der Waals surface area (Å²) >= 11 is 0. The number of hydrogen-bond donors (Lipinski definition) is 1. The summed E-state index contributed by atoms with van der Waals surface area (Å²) in [4.78, 5) is 12.2. The van der Waals surface area contributed by atoms with Gasteiger partial charge < -0.3 is 9.84 Å². The summed E-state index contributed by atoms with van der Waals surface area (Å²) in [7, 11) is 0. The normalized spacial score (nSPS) is 22.2. The third kappa shape index (κ3) is 3.20. The molecule has 2 aromatic rings. The SMILES string of the molecule is O=C(O[C@H]1CCC[C@H]1c1ccccc1)[C@H](O)c1ccccc1. The number of aliphatic hydroxyl groups is 1. The summed E-state index contributed by atoms with van der Waals surface area (Å²) in [5.41, 5.74) is 1.77. The van der Waals surface area contributed by atoms with Crippen molar-refractivity contribution in [3.8, 4) is 0 Å². The molecule has 0 saturated heterocycles. The molecule has 1 aliphatic carbocycles. The van der Waals surface area contributed by atoms with Crippen molar-refractivity contribution in [2.24, 2.45) is 0 Å². The summed E-state index contributed by atoms with van der Waals surface area (Å²) in [5, 5.41) is 10.1. The van der Waals surface area contributed by atoms with Gasteiger partial charge in [-0.15, -0.1) is 0 Å². The van der Waals surface area contributed by atoms with Gasteiger partial charge in [-0.2, -0.15) is 0 Å². The number of aliphatic hydroxyl groups excluding tert-OH is 1. The largest absolute Gasteiger partial charge is 0.460 e. The van der Waals surface area contributed by atoms with Crippen LogP contribution in [0.2, 0.25) is 0 Å². The topological polar surface area (TPSA) is 46.5 Å². The third-order valence-electron chi connectivity index (χ3n) is 4.29. The molecule has 2 aromatic carbocycles. The van der Waals surface area contributed by atoms with Crippen molar-refractivity contribution < 1.29 is 14.6 Å². The highest BCUT2D eigenvalue weighted by molar-refractivity contribution is 5.76. The highest BCUT2D eigenvalue weighted by Gasteiger charge is 2.33. The minimum absolute atomic E-state index is 0.145. The van der Waals surface area contributed by atoms with Gasteiger partial charge in [-0.3, -0.25) is 0 Å². The van der Waals surface area contributed by atoms with E-state index in [9.17, 15) is 9.90 Å². The lowest BCUT2D eigenvalue weighted by molar-refractivity contribution is -0.160. The lowest BCUT2D eigenvalue weighted by atomic mass is 9.96. The molecule has 0 radical (unpaired) electrons. The molecule has 114 valence electrons. The standard InChI is InChI=1S/C19H20O3/c20-18(15-10-5-2-6-11-15)19(21)22-17-13-7-12-16(17)14-8-3-1-4-9-14/h1-6,8-11,16-18,20H,7,12-13H2/t16-,17-,18+/m0/s1. The lowest BCUT2D eigenvalue weighted by Crippen LogP contribution is -2.25. The van der Waals surface area contributed by atoms with E-state index >= 15 is 0 Å². The van der Waals surface area contributed by atoms with Crippen LogP contribution in [-0.4, -0.2) is 17.2 Å². The smallest absolute Gasteiger partial charge is 0.339 e. The molecule has 0 spiro atoms. The second kappa shape index (κ2) is 6.75. The summed E-state index contributed by atoms with van der Waals surface area (Å²) in [5.74, 6) is -0.327. The average molecular weight is 296 g/mol. The van der Waals surface area contributed by atoms with Gasteiger partial charge in [-0.05, 0) is 30.4 Å². The zero-order chi connectivity index (χ0) is 15.4. The number of carbonyl (C=O) groups excluding carboxylic acids is 1. The summed E-state index contributed by atoms with van der Waals surface area (Å²) in [6.07, 6.45) is 1.56. The van der Waals surface area contributed by atoms with Crippen molar-refractivity contribution >= 4 is 5.97 Å². The molecule has 3 atom stereocenters. The Bertz CT molecular complexity index is 609. The van der Waals surface area contributed by atoms with Crippen molar-refractivity contribution in [2.75, 3.05) is 0 Å². The number of ether oxygens (including phenoxy) is 1. The highest BCUT2D eigenvalue weighted by Crippen LogP contribution is 2.37. The van der Waals surface area contributed by atoms with Crippen LogP contribution >= 0.6 is 0 Å². The summed E-state index contributed by atoms with van der Waals surface area (Å²) in [6, 6.07) is 19.1. The van der Waals surface area contributed by atoms with Gasteiger partial charge >= 0.3 is 5.97 Å². The first-order valence-electron chi connectivity index (χ1n) is 7.74. The molecule has 0 aliphatic heterocycles. The van der Waals surface area contributed by atoms with E-state index in [1.54, 1.807) is 24.3 Å². The Morgan fingerprint density at radius 1 is 1.00 bits per heavy atom. The predicted molar refractivity (Wildman–Crippen MR) is 84.3 cm³/mol. The van der Waals surface area contributed by atoms with E-state index in [-0.39, 0.29) is 12.0 Å². The second-order valence-electron chi connectivity index (χ2n) is 5.74. The van der Waals surface area contributed by atoms with Gasteiger partial charge in [-0.1, -0.05) is 60.7 Å². The van der Waals surface area contributed by atoms with Crippen LogP contribution in [0.5, 0.6) is 0 Å². The fraction of sp³-hybridized carbons (Fsp3) is 0.316. The molecule has 3 heteroatoms. The van der Waals surface area contributed by atoms with E-state index in [1.165, 1.54) is 5.56 Å². The van der Waals surface area contributed by atoms with Crippen LogP contribution in [-0.2, 0) is 9.53 Å². The van der Waals surface area contributed by atoms with Gasteiger partial charge in [0.1, 0.15) is 6.10 Å². The van der Waals surface area contributed by atoms with Gasteiger partial charge in [-0.25, -0.2) is 4.79 Å². The number of hydrogen-bond acceptors (Lipinski definition) is 3. The molecule has 3 nitrogen and oxygen atoms in total. The molecule has 1 saturated carbocycles. The van der Waals surface area contributed by atoms with E-state index < -0.39 is 12.1 Å². The van der Waals surface area contributed by atoms with Gasteiger partial charge in [0.15, 0.2) is 6.10 Å². The molecule has 0 unspecified atom stereocenters. The predicted octanol–water partition coefficient (Wildman–Crippen LogP) is 3.60. The monoisotopic (exact) mass is 296 g/mol. The maximum Gasteiger partial charge on any atom is 0.339 e. The van der Waals surface area contributed by atoms with E-state index in [0.29, 0.717) is 5.56 Å². The first-order valence-corrected chi connectivity index (χ1v) is 7.74. The van der Waals surface area contributed by atoms with E-state index in [0.717, 1.165) is 19.3 Å². The zero-order valence-electron chi connectivity index (χ0n) is 12.4. The molecular formula is C19H20O3. The van der Waals surface area contributed by atoms with Crippen LogP contribution in [0.15, 0.2) is 60.7 Å². The van der Waals surface area contributed by atoms with Crippen LogP contribution < -0.4 is 0 Å². The van der Waals surface area contributed by atoms with Crippen molar-refractivity contribution in [1.82, 2.24) is 0 Å². The number of esters is 1. The molecule has 0 bridgehead atoms. The Balaban J connectivity index is 1.68. The van der Waals surface area contributed by atoms with Crippen LogP contribution in [0.25, 0.3) is 0 Å². The van der Waals surface area contributed by atoms with E-state index in [4.69, 9.17) is 4.74 Å². The van der Waals surface area contributed by atoms with Gasteiger partial charge in [0.2, 0.25) is 0 Å². The molecule has 1 fully saturated rings. The number of carbonyl (C=O) groups is 1. The van der Waals surface area contributed by atoms with Gasteiger partial charge in [0.25, 0.3) is 0 Å². The van der Waals surface area contributed by atoms with Crippen LogP contribution in [0.1, 0.15) is 42.4 Å². The number of rotatable bonds is 4. The molecule has 0 aromatic heterocycles. The van der Waals surface area contributed by atoms with E-state index in [2.05, 4.69) is 12.1 Å². The van der Waals surface area contributed by atoms with Gasteiger partial charge in [0, 0.05) is 5.92 Å². The second-order valence-corrected chi connectivity index (χ2v) is 5.74. The van der Waals surface area contributed by atoms with Gasteiger partial charge in [0.05, 0.1) is 0 Å². The Hall–Kier alpha value is -2.13. The van der Waals surface area contributed by atoms with Crippen molar-refractivity contribution in [1.29, 1.82) is 0 Å². The minimum atomic E-state index is -1.21. The highest BCUT2D eigenvalue weighted by atomic mass is 16.6. The lowest BCUT2D eigenvalue weighted by Gasteiger charge is -2.22. The Morgan fingerprint density at radius 3 is 2.32 bits per heavy atom. The summed E-state index contributed by atoms with van der Waals surface area (Å²) in [6.45, 7) is 0. The molecule has 0 amide bonds. The van der Waals surface area contributed by atoms with Crippen LogP contribution in [0, 0.1) is 0 Å². The summed E-state index contributed by atoms with van der Waals surface area (Å²) < 4.78 is 5.61. The number of benzene rings is 2. The molecule has 1 N–H and O–H groups in total. The average Bonchev–Trinajstić information content (AvgIpc) is 3.04. The fourth-order valence-corrected chi connectivity index (χ4v) is 3.13.